The zero-order chi connectivity index (χ0) is 18.0. The number of nitrogens with zero attached hydrogens (tertiary/aromatic N) is 1. The Labute approximate surface area is 148 Å². The van der Waals surface area contributed by atoms with Crippen LogP contribution in [0.15, 0.2) is 18.2 Å². The molecule has 1 heterocycles. The lowest BCUT2D eigenvalue weighted by Gasteiger charge is -2.19. The molecule has 126 valence electrons. The number of ether oxygens (including phenoxy) is 1. The normalized spacial score (nSPS) is 10.3. The van der Waals surface area contributed by atoms with E-state index in [0.29, 0.717) is 22.7 Å². The number of hydrogen-bond acceptors (Lipinski definition) is 6. The van der Waals surface area contributed by atoms with E-state index in [4.69, 9.17) is 21.6 Å². The summed E-state index contributed by atoms with van der Waals surface area (Å²) in [6.45, 7) is 1.87. The van der Waals surface area contributed by atoms with Gasteiger partial charge in [0.15, 0.2) is 5.69 Å². The summed E-state index contributed by atoms with van der Waals surface area (Å²) in [5, 5.41) is 10.9. The number of nitrogens with one attached hydrogen (secondary N) is 2. The predicted molar refractivity (Wildman–Crippen MR) is 99.2 cm³/mol. The van der Waals surface area contributed by atoms with Crippen molar-refractivity contribution in [3.63, 3.8) is 0 Å². The van der Waals surface area contributed by atoms with Gasteiger partial charge < -0.3 is 21.5 Å². The molecule has 0 atom stereocenters. The van der Waals surface area contributed by atoms with Crippen LogP contribution in [0.3, 0.4) is 0 Å². The van der Waals surface area contributed by atoms with Crippen LogP contribution in [0.2, 0.25) is 0 Å². The molecule has 24 heavy (non-hydrogen) atoms. The smallest absolute Gasteiger partial charge is 0.269 e. The molecule has 1 amide bonds. The highest BCUT2D eigenvalue weighted by molar-refractivity contribution is 9.18. The van der Waals surface area contributed by atoms with Crippen molar-refractivity contribution in [3.05, 3.63) is 35.0 Å². The Morgan fingerprint density at radius 1 is 1.42 bits per heavy atom. The summed E-state index contributed by atoms with van der Waals surface area (Å²) in [6, 6.07) is 5.47. The number of hydrogen-bond donors (Lipinski definition) is 4. The fourth-order valence-electron chi connectivity index (χ4n) is 2.57. The van der Waals surface area contributed by atoms with Gasteiger partial charge in [0.25, 0.3) is 5.91 Å². The van der Waals surface area contributed by atoms with Gasteiger partial charge in [-0.15, -0.1) is 0 Å². The third-order valence-corrected chi connectivity index (χ3v) is 4.09. The number of aromatic nitrogens is 1. The van der Waals surface area contributed by atoms with Crippen molar-refractivity contribution in [2.24, 2.45) is 5.73 Å². The maximum atomic E-state index is 11.7. The molecule has 2 rings (SSSR count). The van der Waals surface area contributed by atoms with E-state index in [2.05, 4.69) is 26.2 Å². The minimum Gasteiger partial charge on any atom is -0.496 e. The third kappa shape index (κ3) is 2.92. The van der Waals surface area contributed by atoms with E-state index >= 15 is 0 Å². The number of pyridine rings is 1. The lowest BCUT2D eigenvalue weighted by Crippen LogP contribution is -2.19. The SMILES string of the molecule is CNc1nc(C(N)=O)c(N)c(-c2cccc(OC)c2C)c1C(=N)Br. The number of rotatable bonds is 5. The monoisotopic (exact) mass is 391 g/mol. The van der Waals surface area contributed by atoms with Crippen LogP contribution in [0.4, 0.5) is 11.5 Å². The molecule has 0 unspecified atom stereocenters. The summed E-state index contributed by atoms with van der Waals surface area (Å²) >= 11 is 3.18. The highest BCUT2D eigenvalue weighted by Gasteiger charge is 2.24. The Bertz CT molecular complexity index is 836. The van der Waals surface area contributed by atoms with Gasteiger partial charge in [-0.05, 0) is 40.0 Å². The first-order chi connectivity index (χ1) is 11.3. The van der Waals surface area contributed by atoms with Crippen molar-refractivity contribution >= 4 is 38.0 Å². The number of amides is 1. The van der Waals surface area contributed by atoms with Crippen molar-refractivity contribution in [2.75, 3.05) is 25.2 Å². The molecule has 0 saturated heterocycles. The Morgan fingerprint density at radius 3 is 2.58 bits per heavy atom. The molecule has 0 aliphatic heterocycles. The highest BCUT2D eigenvalue weighted by atomic mass is 79.9. The number of carbonyl (C=O) groups is 1. The Kier molecular flexibility index (Phi) is 5.08. The fraction of sp³-hybridized carbons (Fsp3) is 0.188. The van der Waals surface area contributed by atoms with E-state index in [1.54, 1.807) is 14.2 Å². The van der Waals surface area contributed by atoms with Gasteiger partial charge in [-0.25, -0.2) is 4.98 Å². The molecule has 0 bridgehead atoms. The van der Waals surface area contributed by atoms with Crippen LogP contribution in [0, 0.1) is 12.3 Å². The molecule has 0 fully saturated rings. The first-order valence-electron chi connectivity index (χ1n) is 7.02. The van der Waals surface area contributed by atoms with Crippen LogP contribution in [-0.2, 0) is 0 Å². The second kappa shape index (κ2) is 6.88. The molecule has 0 aliphatic carbocycles. The topological polar surface area (TPSA) is 127 Å². The van der Waals surface area contributed by atoms with E-state index in [9.17, 15) is 4.79 Å². The van der Waals surface area contributed by atoms with Crippen LogP contribution in [-0.4, -0.2) is 29.7 Å². The van der Waals surface area contributed by atoms with E-state index < -0.39 is 5.91 Å². The zero-order valence-electron chi connectivity index (χ0n) is 13.5. The van der Waals surface area contributed by atoms with Crippen molar-refractivity contribution < 1.29 is 9.53 Å². The molecule has 6 N–H and O–H groups in total. The molecule has 2 aromatic rings. The molecular weight excluding hydrogens is 374 g/mol. The predicted octanol–water partition coefficient (Wildman–Crippen LogP) is 2.51. The summed E-state index contributed by atoms with van der Waals surface area (Å²) in [7, 11) is 3.22. The number of nitrogen functional groups attached to an aromatic ring is 1. The van der Waals surface area contributed by atoms with E-state index in [-0.39, 0.29) is 16.0 Å². The molecule has 7 nitrogen and oxygen atoms in total. The molecule has 0 radical (unpaired) electrons. The minimum absolute atomic E-state index is 0.0472. The minimum atomic E-state index is -0.738. The second-order valence-electron chi connectivity index (χ2n) is 5.03. The van der Waals surface area contributed by atoms with Gasteiger partial charge in [-0.2, -0.15) is 0 Å². The van der Waals surface area contributed by atoms with Gasteiger partial charge in [0, 0.05) is 12.6 Å². The molecule has 0 saturated carbocycles. The molecule has 1 aromatic heterocycles. The third-order valence-electron chi connectivity index (χ3n) is 3.70. The fourth-order valence-corrected chi connectivity index (χ4v) is 2.95. The molecular formula is C16H18BrN5O2. The molecule has 0 spiro atoms. The summed E-state index contributed by atoms with van der Waals surface area (Å²) < 4.78 is 5.44. The number of benzene rings is 1. The maximum absolute atomic E-state index is 11.7. The lowest BCUT2D eigenvalue weighted by atomic mass is 9.93. The summed E-state index contributed by atoms with van der Waals surface area (Å²) in [5.74, 6) is 0.262. The van der Waals surface area contributed by atoms with Crippen LogP contribution in [0.5, 0.6) is 5.75 Å². The number of halogens is 1. The standard InChI is InChI=1S/C16H18BrN5O2/c1-7-8(5-4-6-9(7)24-3)10-11(14(17)19)16(21-2)22-13(12(10)18)15(20)23/h4-6,19H,18H2,1-3H3,(H2,20,23)(H,21,22). The summed E-state index contributed by atoms with van der Waals surface area (Å²) in [5.41, 5.74) is 14.2. The summed E-state index contributed by atoms with van der Waals surface area (Å²) in [4.78, 5) is 15.9. The average Bonchev–Trinajstić information content (AvgIpc) is 2.54. The number of methoxy groups -OCH3 is 1. The first kappa shape index (κ1) is 17.7. The quantitative estimate of drug-likeness (QED) is 0.582. The van der Waals surface area contributed by atoms with Gasteiger partial charge in [0.2, 0.25) is 0 Å². The van der Waals surface area contributed by atoms with Crippen molar-refractivity contribution in [1.82, 2.24) is 4.98 Å². The van der Waals surface area contributed by atoms with Gasteiger partial charge in [0.1, 0.15) is 16.2 Å². The lowest BCUT2D eigenvalue weighted by molar-refractivity contribution is 0.0996. The Hall–Kier alpha value is -2.61. The molecule has 1 aromatic carbocycles. The Balaban J connectivity index is 2.98. The maximum Gasteiger partial charge on any atom is 0.269 e. The van der Waals surface area contributed by atoms with Gasteiger partial charge >= 0.3 is 0 Å². The van der Waals surface area contributed by atoms with Gasteiger partial charge in [-0.1, -0.05) is 12.1 Å². The number of anilines is 2. The summed E-state index contributed by atoms with van der Waals surface area (Å²) in [6.07, 6.45) is 0. The number of nitrogens with two attached hydrogens (primary N) is 2. The van der Waals surface area contributed by atoms with Crippen LogP contribution >= 0.6 is 15.9 Å². The Morgan fingerprint density at radius 2 is 2.08 bits per heavy atom. The van der Waals surface area contributed by atoms with E-state index in [1.807, 2.05) is 25.1 Å². The van der Waals surface area contributed by atoms with Gasteiger partial charge in [0.05, 0.1) is 18.4 Å². The van der Waals surface area contributed by atoms with E-state index in [0.717, 1.165) is 11.1 Å². The van der Waals surface area contributed by atoms with Crippen LogP contribution in [0.25, 0.3) is 11.1 Å². The van der Waals surface area contributed by atoms with E-state index in [1.165, 1.54) is 0 Å². The van der Waals surface area contributed by atoms with Crippen molar-refractivity contribution in [1.29, 1.82) is 5.41 Å². The van der Waals surface area contributed by atoms with Gasteiger partial charge in [-0.3, -0.25) is 10.2 Å². The first-order valence-corrected chi connectivity index (χ1v) is 7.82. The number of primary amides is 1. The van der Waals surface area contributed by atoms with Crippen molar-refractivity contribution in [2.45, 2.75) is 6.92 Å². The van der Waals surface area contributed by atoms with Crippen LogP contribution < -0.4 is 21.5 Å². The highest BCUT2D eigenvalue weighted by Crippen LogP contribution is 2.40. The zero-order valence-corrected chi connectivity index (χ0v) is 15.1. The van der Waals surface area contributed by atoms with Crippen LogP contribution in [0.1, 0.15) is 21.6 Å². The number of carbonyl (C=O) groups excluding carboxylic acids is 1. The molecule has 0 aliphatic rings. The average molecular weight is 392 g/mol. The van der Waals surface area contributed by atoms with Crippen molar-refractivity contribution in [3.8, 4) is 16.9 Å². The largest absolute Gasteiger partial charge is 0.496 e. The molecule has 8 heteroatoms. The second-order valence-corrected chi connectivity index (χ2v) is 5.83.